The maximum absolute atomic E-state index is 13.5. The molecule has 0 N–H and O–H groups in total. The van der Waals surface area contributed by atoms with Crippen LogP contribution in [0.4, 0.5) is 17.6 Å². The van der Waals surface area contributed by atoms with Crippen LogP contribution >= 0.6 is 0 Å². The molecule has 8 heteroatoms. The number of halogens is 4. The summed E-state index contributed by atoms with van der Waals surface area (Å²) in [7, 11) is 3.03. The predicted molar refractivity (Wildman–Crippen MR) is 68.6 cm³/mol. The quantitative estimate of drug-likeness (QED) is 0.646. The molecule has 116 valence electrons. The second kappa shape index (κ2) is 6.00. The summed E-state index contributed by atoms with van der Waals surface area (Å²) in [6, 6.07) is 5.32. The van der Waals surface area contributed by atoms with E-state index in [1.54, 1.807) is 0 Å². The molecule has 0 spiro atoms. The molecule has 0 saturated heterocycles. The van der Waals surface area contributed by atoms with Crippen LogP contribution in [-0.2, 0) is 0 Å². The number of rotatable bonds is 3. The van der Waals surface area contributed by atoms with Crippen LogP contribution in [0.1, 0.15) is 10.4 Å². The summed E-state index contributed by atoms with van der Waals surface area (Å²) in [4.78, 5) is 15.5. The predicted octanol–water partition coefficient (Wildman–Crippen LogP) is 3.13. The van der Waals surface area contributed by atoms with Crippen molar-refractivity contribution in [1.82, 2.24) is 9.88 Å². The molecule has 2 rings (SSSR count). The monoisotopic (exact) mass is 314 g/mol. The van der Waals surface area contributed by atoms with Gasteiger partial charge in [-0.3, -0.25) is 4.79 Å². The van der Waals surface area contributed by atoms with Gasteiger partial charge in [0.15, 0.2) is 0 Å². The van der Waals surface area contributed by atoms with Crippen LogP contribution in [0.25, 0.3) is 0 Å². The van der Waals surface area contributed by atoms with Crippen LogP contribution in [-0.4, -0.2) is 29.9 Å². The molecule has 0 unspecified atom stereocenters. The first-order valence-electron chi connectivity index (χ1n) is 6.00. The third-order valence-corrected chi connectivity index (χ3v) is 2.66. The lowest BCUT2D eigenvalue weighted by Crippen LogP contribution is -2.21. The molecule has 0 bridgehead atoms. The average molecular weight is 314 g/mol. The first kappa shape index (κ1) is 15.7. The van der Waals surface area contributed by atoms with Gasteiger partial charge in [0.05, 0.1) is 0 Å². The number of carbonyl (C=O) groups excluding carboxylic acids is 1. The van der Waals surface area contributed by atoms with Crippen LogP contribution in [0.2, 0.25) is 0 Å². The minimum atomic E-state index is -1.82. The summed E-state index contributed by atoms with van der Waals surface area (Å²) < 4.78 is 57.8. The minimum Gasteiger partial charge on any atom is -0.451 e. The maximum Gasteiger partial charge on any atom is 0.255 e. The highest BCUT2D eigenvalue weighted by atomic mass is 19.2. The lowest BCUT2D eigenvalue weighted by atomic mass is 10.2. The van der Waals surface area contributed by atoms with Crippen LogP contribution in [0.5, 0.6) is 11.5 Å². The minimum absolute atomic E-state index is 0.157. The number of nitrogens with zero attached hydrogens (tertiary/aromatic N) is 2. The zero-order valence-corrected chi connectivity index (χ0v) is 11.5. The number of carbonyl (C=O) groups is 1. The van der Waals surface area contributed by atoms with Crippen molar-refractivity contribution < 1.29 is 27.1 Å². The molecule has 0 atom stereocenters. The van der Waals surface area contributed by atoms with Crippen LogP contribution in [0.15, 0.2) is 24.3 Å². The highest BCUT2D eigenvalue weighted by molar-refractivity contribution is 5.94. The van der Waals surface area contributed by atoms with E-state index >= 15 is 0 Å². The smallest absolute Gasteiger partial charge is 0.255 e. The van der Waals surface area contributed by atoms with E-state index in [2.05, 4.69) is 4.98 Å². The van der Waals surface area contributed by atoms with Gasteiger partial charge in [0.2, 0.25) is 17.4 Å². The van der Waals surface area contributed by atoms with Gasteiger partial charge < -0.3 is 9.64 Å². The number of pyridine rings is 1. The molecule has 2 aromatic rings. The average Bonchev–Trinajstić information content (AvgIpc) is 2.49. The van der Waals surface area contributed by atoms with E-state index in [-0.39, 0.29) is 17.2 Å². The molecule has 0 aliphatic heterocycles. The summed E-state index contributed by atoms with van der Waals surface area (Å²) in [6.45, 7) is 0. The Labute approximate surface area is 123 Å². The van der Waals surface area contributed by atoms with E-state index in [0.717, 1.165) is 0 Å². The van der Waals surface area contributed by atoms with Crippen LogP contribution in [0.3, 0.4) is 0 Å². The Bertz CT molecular complexity index is 709. The van der Waals surface area contributed by atoms with E-state index in [1.165, 1.54) is 43.3 Å². The van der Waals surface area contributed by atoms with Crippen molar-refractivity contribution in [2.24, 2.45) is 0 Å². The molecule has 0 radical (unpaired) electrons. The van der Waals surface area contributed by atoms with Crippen molar-refractivity contribution in [3.63, 3.8) is 0 Å². The molecular formula is C14H10F4N2O2. The fraction of sp³-hybridized carbons (Fsp3) is 0.143. The molecule has 1 heterocycles. The fourth-order valence-electron chi connectivity index (χ4n) is 1.63. The van der Waals surface area contributed by atoms with E-state index in [1.807, 2.05) is 0 Å². The molecule has 0 aliphatic rings. The summed E-state index contributed by atoms with van der Waals surface area (Å²) in [5.74, 6) is -8.97. The zero-order chi connectivity index (χ0) is 16.4. The zero-order valence-electron chi connectivity index (χ0n) is 11.5. The van der Waals surface area contributed by atoms with Crippen LogP contribution < -0.4 is 4.74 Å². The summed E-state index contributed by atoms with van der Waals surface area (Å²) in [6.07, 6.45) is 0. The normalized spacial score (nSPS) is 10.5. The van der Waals surface area contributed by atoms with E-state index in [0.29, 0.717) is 0 Å². The SMILES string of the molecule is CN(C)C(=O)c1cccc(Oc2c(F)c(F)nc(F)c2F)c1. The Morgan fingerprint density at radius 2 is 1.68 bits per heavy atom. The van der Waals surface area contributed by atoms with Crippen molar-refractivity contribution in [2.45, 2.75) is 0 Å². The van der Waals surface area contributed by atoms with E-state index < -0.39 is 29.3 Å². The Balaban J connectivity index is 2.40. The van der Waals surface area contributed by atoms with Crippen LogP contribution in [0, 0.1) is 23.5 Å². The molecule has 0 saturated carbocycles. The Morgan fingerprint density at radius 3 is 2.23 bits per heavy atom. The highest BCUT2D eigenvalue weighted by Gasteiger charge is 2.23. The van der Waals surface area contributed by atoms with Gasteiger partial charge in [-0.2, -0.15) is 22.5 Å². The highest BCUT2D eigenvalue weighted by Crippen LogP contribution is 2.30. The fourth-order valence-corrected chi connectivity index (χ4v) is 1.63. The maximum atomic E-state index is 13.5. The summed E-state index contributed by atoms with van der Waals surface area (Å²) in [5, 5.41) is 0. The summed E-state index contributed by atoms with van der Waals surface area (Å²) in [5.41, 5.74) is 0.179. The number of ether oxygens (including phenoxy) is 1. The van der Waals surface area contributed by atoms with Gasteiger partial charge >= 0.3 is 0 Å². The van der Waals surface area contributed by atoms with Crippen molar-refractivity contribution in [3.8, 4) is 11.5 Å². The molecule has 0 aliphatic carbocycles. The molecule has 0 fully saturated rings. The third kappa shape index (κ3) is 3.00. The second-order valence-corrected chi connectivity index (χ2v) is 4.48. The van der Waals surface area contributed by atoms with Gasteiger partial charge in [0.1, 0.15) is 5.75 Å². The molecular weight excluding hydrogens is 304 g/mol. The molecule has 1 amide bonds. The van der Waals surface area contributed by atoms with Gasteiger partial charge in [0, 0.05) is 19.7 Å². The second-order valence-electron chi connectivity index (χ2n) is 4.48. The number of benzene rings is 1. The van der Waals surface area contributed by atoms with Crippen molar-refractivity contribution >= 4 is 5.91 Å². The van der Waals surface area contributed by atoms with E-state index in [9.17, 15) is 22.4 Å². The number of aromatic nitrogens is 1. The van der Waals surface area contributed by atoms with Gasteiger partial charge in [0.25, 0.3) is 17.8 Å². The van der Waals surface area contributed by atoms with Gasteiger partial charge in [-0.25, -0.2) is 0 Å². The lowest BCUT2D eigenvalue weighted by Gasteiger charge is -2.12. The number of hydrogen-bond acceptors (Lipinski definition) is 3. The topological polar surface area (TPSA) is 42.4 Å². The molecule has 4 nitrogen and oxygen atoms in total. The molecule has 1 aromatic carbocycles. The Morgan fingerprint density at radius 1 is 1.09 bits per heavy atom. The van der Waals surface area contributed by atoms with Crippen molar-refractivity contribution in [2.75, 3.05) is 14.1 Å². The molecule has 22 heavy (non-hydrogen) atoms. The summed E-state index contributed by atoms with van der Waals surface area (Å²) >= 11 is 0. The van der Waals surface area contributed by atoms with Gasteiger partial charge in [-0.05, 0) is 18.2 Å². The van der Waals surface area contributed by atoms with Gasteiger partial charge in [-0.15, -0.1) is 0 Å². The Hall–Kier alpha value is -2.64. The van der Waals surface area contributed by atoms with E-state index in [4.69, 9.17) is 4.74 Å². The largest absolute Gasteiger partial charge is 0.451 e. The first-order chi connectivity index (χ1) is 10.3. The Kier molecular flexibility index (Phi) is 4.30. The number of hydrogen-bond donors (Lipinski definition) is 0. The lowest BCUT2D eigenvalue weighted by molar-refractivity contribution is 0.0827. The van der Waals surface area contributed by atoms with Crippen molar-refractivity contribution in [1.29, 1.82) is 0 Å². The standard InChI is InChI=1S/C14H10F4N2O2/c1-20(2)14(21)7-4-3-5-8(6-7)22-11-9(15)12(17)19-13(18)10(11)16/h3-6H,1-2H3. The first-order valence-corrected chi connectivity index (χ1v) is 6.00. The third-order valence-electron chi connectivity index (χ3n) is 2.66. The van der Waals surface area contributed by atoms with Crippen molar-refractivity contribution in [3.05, 3.63) is 53.4 Å². The van der Waals surface area contributed by atoms with Gasteiger partial charge in [-0.1, -0.05) is 6.07 Å². The molecule has 1 aromatic heterocycles. The number of amides is 1.